The number of nitrogens with one attached hydrogen (secondary N) is 2. The van der Waals surface area contributed by atoms with Crippen LogP contribution in [0.3, 0.4) is 0 Å². The summed E-state index contributed by atoms with van der Waals surface area (Å²) >= 11 is 1.41. The molecule has 0 saturated heterocycles. The van der Waals surface area contributed by atoms with Crippen molar-refractivity contribution in [3.05, 3.63) is 88.6 Å². The first-order chi connectivity index (χ1) is 18.1. The van der Waals surface area contributed by atoms with Gasteiger partial charge in [0, 0.05) is 48.4 Å². The van der Waals surface area contributed by atoms with E-state index in [1.54, 1.807) is 12.3 Å². The monoisotopic (exact) mass is 559 g/mol. The molecule has 7 nitrogen and oxygen atoms in total. The molecule has 1 atom stereocenters. The summed E-state index contributed by atoms with van der Waals surface area (Å²) in [6.45, 7) is 0. The van der Waals surface area contributed by atoms with Gasteiger partial charge in [0.15, 0.2) is 21.9 Å². The van der Waals surface area contributed by atoms with Gasteiger partial charge in [-0.15, -0.1) is 11.3 Å². The molecular weight excluding hydrogens is 542 g/mol. The lowest BCUT2D eigenvalue weighted by Gasteiger charge is -2.11. The van der Waals surface area contributed by atoms with Crippen molar-refractivity contribution in [1.29, 1.82) is 0 Å². The van der Waals surface area contributed by atoms with Crippen LogP contribution in [-0.2, 0) is 11.0 Å². The maximum absolute atomic E-state index is 15.4. The molecule has 0 saturated carbocycles. The first kappa shape index (κ1) is 25.5. The van der Waals surface area contributed by atoms with E-state index in [9.17, 15) is 22.2 Å². The molecule has 3 aromatic heterocycles. The number of anilines is 2. The number of H-pyrrole nitrogens is 1. The largest absolute Gasteiger partial charge is 0.354 e. The summed E-state index contributed by atoms with van der Waals surface area (Å²) in [5.41, 5.74) is 0.0287. The van der Waals surface area contributed by atoms with Crippen molar-refractivity contribution >= 4 is 50.0 Å². The lowest BCUT2D eigenvalue weighted by molar-refractivity contribution is 0.103. The third kappa shape index (κ3) is 4.65. The zero-order valence-corrected chi connectivity index (χ0v) is 21.3. The Balaban J connectivity index is 1.51. The highest BCUT2D eigenvalue weighted by Crippen LogP contribution is 2.31. The molecule has 0 amide bonds. The van der Waals surface area contributed by atoms with E-state index in [2.05, 4.69) is 19.7 Å². The predicted molar refractivity (Wildman–Crippen MR) is 138 cm³/mol. The summed E-state index contributed by atoms with van der Waals surface area (Å²) in [7, 11) is 1.26. The Labute approximate surface area is 219 Å². The minimum absolute atomic E-state index is 0.0512. The normalized spacial score (nSPS) is 12.1. The first-order valence-electron chi connectivity index (χ1n) is 10.9. The van der Waals surface area contributed by atoms with Crippen LogP contribution >= 0.6 is 11.3 Å². The summed E-state index contributed by atoms with van der Waals surface area (Å²) in [6, 6.07) is 5.66. The highest BCUT2D eigenvalue weighted by molar-refractivity contribution is 7.86. The van der Waals surface area contributed by atoms with Crippen LogP contribution in [0.1, 0.15) is 15.9 Å². The Bertz CT molecular complexity index is 1730. The molecule has 13 heteroatoms. The molecule has 194 valence electrons. The Hall–Kier alpha value is -4.10. The molecule has 0 aliphatic rings. The second-order valence-electron chi connectivity index (χ2n) is 8.29. The number of ketones is 1. The standard InChI is InChI=1S/C25H17F4N5O2S2/c1-34(2)25-32-19(11-37-25)12-7-14-15(10-31-24(14)30-9-12)23(35)21-17(28)5-6-18(22(21)29)33-38(36)20-8-13(26)3-4-16(20)27/h3-11,33H,1-2H3,(H,30,31). The Morgan fingerprint density at radius 2 is 1.84 bits per heavy atom. The molecule has 2 aromatic carbocycles. The molecule has 0 fully saturated rings. The van der Waals surface area contributed by atoms with Crippen LogP contribution in [0, 0.1) is 23.3 Å². The number of hydrogen-bond donors (Lipinski definition) is 2. The van der Waals surface area contributed by atoms with E-state index in [0.717, 1.165) is 29.4 Å². The zero-order chi connectivity index (χ0) is 27.1. The van der Waals surface area contributed by atoms with Crippen molar-refractivity contribution in [3.8, 4) is 11.3 Å². The minimum Gasteiger partial charge on any atom is -0.354 e. The molecular formula is C25H17F4N5O2S2. The van der Waals surface area contributed by atoms with Gasteiger partial charge in [-0.05, 0) is 36.4 Å². The summed E-state index contributed by atoms with van der Waals surface area (Å²) in [4.78, 5) is 26.2. The summed E-state index contributed by atoms with van der Waals surface area (Å²) < 4.78 is 72.4. The fourth-order valence-electron chi connectivity index (χ4n) is 3.68. The third-order valence-electron chi connectivity index (χ3n) is 5.56. The Kier molecular flexibility index (Phi) is 6.71. The lowest BCUT2D eigenvalue weighted by Crippen LogP contribution is -2.13. The van der Waals surface area contributed by atoms with Gasteiger partial charge in [0.25, 0.3) is 0 Å². The molecule has 5 rings (SSSR count). The molecule has 0 bridgehead atoms. The van der Waals surface area contributed by atoms with Crippen molar-refractivity contribution < 1.29 is 26.6 Å². The average Bonchev–Trinajstić information content (AvgIpc) is 3.54. The van der Waals surface area contributed by atoms with Gasteiger partial charge >= 0.3 is 0 Å². The smallest absolute Gasteiger partial charge is 0.201 e. The number of carbonyl (C=O) groups excluding carboxylic acids is 1. The number of fused-ring (bicyclic) bond motifs is 1. The fourth-order valence-corrected chi connectivity index (χ4v) is 5.38. The number of carbonyl (C=O) groups is 1. The van der Waals surface area contributed by atoms with Crippen LogP contribution < -0.4 is 9.62 Å². The van der Waals surface area contributed by atoms with Gasteiger partial charge < -0.3 is 9.88 Å². The maximum atomic E-state index is 15.4. The number of aromatic amines is 1. The molecule has 0 radical (unpaired) electrons. The van der Waals surface area contributed by atoms with Crippen molar-refractivity contribution in [2.75, 3.05) is 23.7 Å². The SMILES string of the molecule is CN(C)c1nc(-c2cnc3[nH]cc(C(=O)c4c(F)ccc(NS(=O)c5cc(F)ccc5F)c4F)c3c2)cs1. The van der Waals surface area contributed by atoms with Crippen LogP contribution in [0.25, 0.3) is 22.3 Å². The van der Waals surface area contributed by atoms with Gasteiger partial charge in [-0.3, -0.25) is 9.52 Å². The number of halogens is 4. The maximum Gasteiger partial charge on any atom is 0.201 e. The number of pyridine rings is 1. The van der Waals surface area contributed by atoms with E-state index in [1.807, 2.05) is 24.4 Å². The van der Waals surface area contributed by atoms with Gasteiger partial charge in [0.05, 0.1) is 21.8 Å². The van der Waals surface area contributed by atoms with Gasteiger partial charge in [-0.1, -0.05) is 0 Å². The van der Waals surface area contributed by atoms with Crippen LogP contribution in [-0.4, -0.2) is 39.0 Å². The molecule has 2 N–H and O–H groups in total. The first-order valence-corrected chi connectivity index (χ1v) is 12.9. The Morgan fingerprint density at radius 1 is 1.08 bits per heavy atom. The average molecular weight is 560 g/mol. The molecule has 5 aromatic rings. The predicted octanol–water partition coefficient (Wildman–Crippen LogP) is 5.67. The number of thiazole rings is 1. The summed E-state index contributed by atoms with van der Waals surface area (Å²) in [6.07, 6.45) is 2.85. The highest BCUT2D eigenvalue weighted by Gasteiger charge is 2.26. The Morgan fingerprint density at radius 3 is 2.58 bits per heavy atom. The number of aromatic nitrogens is 3. The number of benzene rings is 2. The molecule has 0 aliphatic heterocycles. The minimum atomic E-state index is -2.44. The van der Waals surface area contributed by atoms with Gasteiger partial charge in [0.1, 0.15) is 23.1 Å². The molecule has 3 heterocycles. The zero-order valence-electron chi connectivity index (χ0n) is 19.7. The van der Waals surface area contributed by atoms with Crippen molar-refractivity contribution in [2.45, 2.75) is 4.90 Å². The van der Waals surface area contributed by atoms with E-state index < -0.39 is 56.2 Å². The molecule has 38 heavy (non-hydrogen) atoms. The second kappa shape index (κ2) is 9.99. The molecule has 0 aliphatic carbocycles. The van der Waals surface area contributed by atoms with Crippen LogP contribution in [0.2, 0.25) is 0 Å². The number of nitrogens with zero attached hydrogens (tertiary/aromatic N) is 3. The fraction of sp³-hybridized carbons (Fsp3) is 0.0800. The van der Waals surface area contributed by atoms with Gasteiger partial charge in [-0.25, -0.2) is 31.7 Å². The van der Waals surface area contributed by atoms with E-state index in [1.165, 1.54) is 17.5 Å². The van der Waals surface area contributed by atoms with Crippen molar-refractivity contribution in [1.82, 2.24) is 15.0 Å². The van der Waals surface area contributed by atoms with Crippen LogP contribution in [0.15, 0.2) is 59.1 Å². The van der Waals surface area contributed by atoms with Gasteiger partial charge in [0.2, 0.25) is 5.78 Å². The number of rotatable bonds is 7. The second-order valence-corrected chi connectivity index (χ2v) is 10.3. The van der Waals surface area contributed by atoms with Gasteiger partial charge in [-0.2, -0.15) is 0 Å². The van der Waals surface area contributed by atoms with Crippen molar-refractivity contribution in [3.63, 3.8) is 0 Å². The van der Waals surface area contributed by atoms with E-state index in [4.69, 9.17) is 0 Å². The molecule has 1 unspecified atom stereocenters. The van der Waals surface area contributed by atoms with E-state index in [-0.39, 0.29) is 5.56 Å². The van der Waals surface area contributed by atoms with Crippen LogP contribution in [0.5, 0.6) is 0 Å². The van der Waals surface area contributed by atoms with E-state index >= 15 is 4.39 Å². The van der Waals surface area contributed by atoms with E-state index in [0.29, 0.717) is 28.4 Å². The van der Waals surface area contributed by atoms with Crippen molar-refractivity contribution in [2.24, 2.45) is 0 Å². The molecule has 0 spiro atoms. The number of hydrogen-bond acceptors (Lipinski definition) is 6. The summed E-state index contributed by atoms with van der Waals surface area (Å²) in [5.74, 6) is -5.34. The third-order valence-corrected chi connectivity index (χ3v) is 7.69. The highest BCUT2D eigenvalue weighted by atomic mass is 32.2. The topological polar surface area (TPSA) is 91.0 Å². The lowest BCUT2D eigenvalue weighted by atomic mass is 10.0. The van der Waals surface area contributed by atoms with Crippen LogP contribution in [0.4, 0.5) is 28.4 Å². The quantitative estimate of drug-likeness (QED) is 0.198. The summed E-state index contributed by atoms with van der Waals surface area (Å²) in [5, 5.41) is 2.89.